The number of carboxylic acids is 1. The molecule has 3 nitrogen and oxygen atoms in total. The van der Waals surface area contributed by atoms with Crippen LogP contribution in [0.15, 0.2) is 0 Å². The summed E-state index contributed by atoms with van der Waals surface area (Å²) in [5, 5.41) is 12.2. The number of carbonyl (C=O) groups is 1. The number of carboxylic acid groups (broad SMARTS) is 1. The first kappa shape index (κ1) is 8.07. The minimum absolute atomic E-state index is 0. The Balaban J connectivity index is 0.000000360. The molecule has 0 aromatic carbocycles. The summed E-state index contributed by atoms with van der Waals surface area (Å²) >= 11 is 0. The fourth-order valence-electron chi connectivity index (χ4n) is 0.226. The molecule has 0 aromatic rings. The summed E-state index contributed by atoms with van der Waals surface area (Å²) in [7, 11) is 0. The van der Waals surface area contributed by atoms with Gasteiger partial charge in [0.15, 0.2) is 0 Å². The smallest absolute Gasteiger partial charge is 0.548 e. The molecule has 1 aliphatic heterocycles. The predicted octanol–water partition coefficient (Wildman–Crippen LogP) is -5.29. The van der Waals surface area contributed by atoms with Crippen LogP contribution in [0.5, 0.6) is 0 Å². The molecular formula is C3H4KNO2. The standard InChI is InChI=1S/C3H5NO2.K/c5-3(6)2-1-4-2;/h2,4H,1H2,(H,5,6);/q;+1/p-1. The maximum Gasteiger partial charge on any atom is 1.00 e. The molecule has 7 heavy (non-hydrogen) atoms. The molecule has 1 rings (SSSR count). The second-order valence-electron chi connectivity index (χ2n) is 1.28. The number of hydrogen-bond donors (Lipinski definition) is 1. The van der Waals surface area contributed by atoms with Gasteiger partial charge >= 0.3 is 51.4 Å². The average molecular weight is 125 g/mol. The SMILES string of the molecule is O=C([O-])C1CN1.[K+]. The van der Waals surface area contributed by atoms with Crippen molar-refractivity contribution in [3.05, 3.63) is 0 Å². The van der Waals surface area contributed by atoms with Gasteiger partial charge in [0.05, 0.1) is 12.0 Å². The summed E-state index contributed by atoms with van der Waals surface area (Å²) in [5.41, 5.74) is 0. The molecule has 1 unspecified atom stereocenters. The molecule has 0 saturated carbocycles. The van der Waals surface area contributed by atoms with Gasteiger partial charge in [0.25, 0.3) is 0 Å². The molecule has 0 aromatic heterocycles. The van der Waals surface area contributed by atoms with Gasteiger partial charge in [-0.25, -0.2) is 0 Å². The molecular weight excluding hydrogens is 121 g/mol. The zero-order chi connectivity index (χ0) is 4.57. The number of nitrogens with one attached hydrogen (secondary N) is 1. The quantitative estimate of drug-likeness (QED) is 0.281. The normalized spacial score (nSPS) is 25.4. The van der Waals surface area contributed by atoms with E-state index in [1.165, 1.54) is 0 Å². The fraction of sp³-hybridized carbons (Fsp3) is 0.667. The molecule has 0 radical (unpaired) electrons. The van der Waals surface area contributed by atoms with E-state index in [1.54, 1.807) is 0 Å². The Morgan fingerprint density at radius 3 is 2.29 bits per heavy atom. The molecule has 34 valence electrons. The second kappa shape index (κ2) is 3.16. The third-order valence-electron chi connectivity index (χ3n) is 0.693. The minimum atomic E-state index is -0.991. The molecule has 1 fully saturated rings. The fourth-order valence-corrected chi connectivity index (χ4v) is 0.226. The topological polar surface area (TPSA) is 62.1 Å². The van der Waals surface area contributed by atoms with Crippen LogP contribution in [0.4, 0.5) is 0 Å². The van der Waals surface area contributed by atoms with Crippen molar-refractivity contribution >= 4 is 5.97 Å². The van der Waals surface area contributed by atoms with E-state index in [9.17, 15) is 9.90 Å². The Hall–Kier alpha value is 1.07. The van der Waals surface area contributed by atoms with Crippen molar-refractivity contribution < 1.29 is 61.3 Å². The van der Waals surface area contributed by atoms with E-state index in [2.05, 4.69) is 5.32 Å². The zero-order valence-electron chi connectivity index (χ0n) is 4.10. The van der Waals surface area contributed by atoms with Crippen LogP contribution in [0.2, 0.25) is 0 Å². The Bertz CT molecular complexity index is 81.0. The molecule has 0 aliphatic carbocycles. The monoisotopic (exact) mass is 125 g/mol. The average Bonchev–Trinajstić information content (AvgIpc) is 2.06. The maximum absolute atomic E-state index is 9.59. The molecule has 1 N–H and O–H groups in total. The first-order valence-corrected chi connectivity index (χ1v) is 1.75. The Labute approximate surface area is 83.9 Å². The van der Waals surface area contributed by atoms with Crippen molar-refractivity contribution in [3.63, 3.8) is 0 Å². The molecule has 1 saturated heterocycles. The van der Waals surface area contributed by atoms with Crippen LogP contribution in [0.25, 0.3) is 0 Å². The summed E-state index contributed by atoms with van der Waals surface area (Å²) < 4.78 is 0. The summed E-state index contributed by atoms with van der Waals surface area (Å²) in [6.07, 6.45) is 0. The molecule has 1 atom stereocenters. The van der Waals surface area contributed by atoms with Gasteiger partial charge in [-0.15, -0.1) is 0 Å². The van der Waals surface area contributed by atoms with Gasteiger partial charge < -0.3 is 15.2 Å². The number of aliphatic carboxylic acids is 1. The predicted molar refractivity (Wildman–Crippen MR) is 16.8 cm³/mol. The van der Waals surface area contributed by atoms with Crippen LogP contribution < -0.4 is 61.8 Å². The van der Waals surface area contributed by atoms with Crippen LogP contribution in [0.3, 0.4) is 0 Å². The van der Waals surface area contributed by atoms with E-state index in [4.69, 9.17) is 0 Å². The van der Waals surface area contributed by atoms with Gasteiger partial charge in [-0.2, -0.15) is 0 Å². The third-order valence-corrected chi connectivity index (χ3v) is 0.693. The van der Waals surface area contributed by atoms with E-state index >= 15 is 0 Å². The van der Waals surface area contributed by atoms with E-state index < -0.39 is 5.97 Å². The summed E-state index contributed by atoms with van der Waals surface area (Å²) in [6.45, 7) is 0.586. The Kier molecular flexibility index (Phi) is 3.65. The summed E-state index contributed by atoms with van der Waals surface area (Å²) in [5.74, 6) is -0.991. The largest absolute Gasteiger partial charge is 1.00 e. The molecule has 4 heteroatoms. The van der Waals surface area contributed by atoms with Crippen LogP contribution in [-0.2, 0) is 4.79 Å². The van der Waals surface area contributed by atoms with E-state index in [-0.39, 0.29) is 57.4 Å². The van der Waals surface area contributed by atoms with E-state index in [1.807, 2.05) is 0 Å². The van der Waals surface area contributed by atoms with Crippen molar-refractivity contribution in [2.45, 2.75) is 6.04 Å². The maximum atomic E-state index is 9.59. The molecule has 1 aliphatic rings. The van der Waals surface area contributed by atoms with E-state index in [0.717, 1.165) is 0 Å². The molecule has 1 heterocycles. The first-order valence-electron chi connectivity index (χ1n) is 1.75. The van der Waals surface area contributed by atoms with Crippen molar-refractivity contribution in [2.75, 3.05) is 6.54 Å². The minimum Gasteiger partial charge on any atom is -0.548 e. The second-order valence-corrected chi connectivity index (χ2v) is 1.28. The van der Waals surface area contributed by atoms with Crippen molar-refractivity contribution in [1.82, 2.24) is 5.32 Å². The summed E-state index contributed by atoms with van der Waals surface area (Å²) in [4.78, 5) is 9.59. The number of carbonyl (C=O) groups excluding carboxylic acids is 1. The van der Waals surface area contributed by atoms with Gasteiger partial charge in [0, 0.05) is 6.54 Å². The van der Waals surface area contributed by atoms with Gasteiger partial charge in [0.1, 0.15) is 0 Å². The van der Waals surface area contributed by atoms with Gasteiger partial charge in [0.2, 0.25) is 0 Å². The van der Waals surface area contributed by atoms with Gasteiger partial charge in [-0.1, -0.05) is 0 Å². The van der Waals surface area contributed by atoms with Crippen molar-refractivity contribution in [2.24, 2.45) is 0 Å². The first-order chi connectivity index (χ1) is 2.80. The van der Waals surface area contributed by atoms with Crippen molar-refractivity contribution in [3.8, 4) is 0 Å². The van der Waals surface area contributed by atoms with Crippen LogP contribution >= 0.6 is 0 Å². The number of hydrogen-bond acceptors (Lipinski definition) is 3. The third kappa shape index (κ3) is 2.79. The molecule has 0 bridgehead atoms. The van der Waals surface area contributed by atoms with Crippen molar-refractivity contribution in [1.29, 1.82) is 0 Å². The number of rotatable bonds is 1. The summed E-state index contributed by atoms with van der Waals surface area (Å²) in [6, 6.07) is -0.343. The van der Waals surface area contributed by atoms with E-state index in [0.29, 0.717) is 6.54 Å². The molecule has 0 amide bonds. The zero-order valence-corrected chi connectivity index (χ0v) is 7.22. The Morgan fingerprint density at radius 1 is 1.86 bits per heavy atom. The van der Waals surface area contributed by atoms with Gasteiger partial charge in [-0.05, 0) is 0 Å². The Morgan fingerprint density at radius 2 is 2.29 bits per heavy atom. The van der Waals surface area contributed by atoms with Crippen LogP contribution in [-0.4, -0.2) is 18.6 Å². The van der Waals surface area contributed by atoms with Crippen LogP contribution in [0.1, 0.15) is 0 Å². The van der Waals surface area contributed by atoms with Crippen LogP contribution in [0, 0.1) is 0 Å². The van der Waals surface area contributed by atoms with Gasteiger partial charge in [-0.3, -0.25) is 0 Å². The molecule has 0 spiro atoms.